The molecule has 1 N–H and O–H groups in total. The van der Waals surface area contributed by atoms with Gasteiger partial charge in [-0.3, -0.25) is 0 Å². The van der Waals surface area contributed by atoms with E-state index in [1.807, 2.05) is 20.8 Å². The summed E-state index contributed by atoms with van der Waals surface area (Å²) in [5.74, 6) is 0.553. The number of rotatable bonds is 2. The molecule has 1 aromatic heterocycles. The number of hydrogen-bond donors (Lipinski definition) is 1. The van der Waals surface area contributed by atoms with E-state index in [4.69, 9.17) is 16.3 Å². The van der Waals surface area contributed by atoms with Crippen molar-refractivity contribution in [2.45, 2.75) is 51.2 Å². The lowest BCUT2D eigenvalue weighted by Gasteiger charge is -2.38. The molecule has 1 aliphatic rings. The molecule has 0 aliphatic carbocycles. The summed E-state index contributed by atoms with van der Waals surface area (Å²) in [5.41, 5.74) is -1.41. The summed E-state index contributed by atoms with van der Waals surface area (Å²) < 4.78 is 5.34. The second kappa shape index (κ2) is 6.38. The first-order valence-electron chi connectivity index (χ1n) is 7.34. The molecule has 2 rings (SSSR count). The average molecular weight is 328 g/mol. The van der Waals surface area contributed by atoms with Crippen LogP contribution < -0.4 is 0 Å². The largest absolute Gasteiger partial charge is 0.444 e. The maximum absolute atomic E-state index is 12.0. The second-order valence-corrected chi connectivity index (χ2v) is 7.12. The summed E-state index contributed by atoms with van der Waals surface area (Å²) in [4.78, 5) is 21.9. The van der Waals surface area contributed by atoms with Crippen LogP contribution >= 0.6 is 11.6 Å². The van der Waals surface area contributed by atoms with E-state index in [0.717, 1.165) is 0 Å². The average Bonchev–Trinajstić information content (AvgIpc) is 2.40. The van der Waals surface area contributed by atoms with Gasteiger partial charge in [0.2, 0.25) is 0 Å². The van der Waals surface area contributed by atoms with Gasteiger partial charge in [-0.05, 0) is 33.6 Å². The van der Waals surface area contributed by atoms with Crippen molar-refractivity contribution in [3.63, 3.8) is 0 Å². The van der Waals surface area contributed by atoms with Gasteiger partial charge in [-0.2, -0.15) is 0 Å². The van der Waals surface area contributed by atoms with E-state index in [2.05, 4.69) is 9.97 Å². The van der Waals surface area contributed by atoms with Crippen LogP contribution in [0.15, 0.2) is 12.4 Å². The number of piperidine rings is 1. The molecule has 1 aliphatic heterocycles. The molecule has 0 atom stereocenters. The molecular formula is C15H22ClN3O3. The van der Waals surface area contributed by atoms with E-state index in [0.29, 0.717) is 43.2 Å². The zero-order valence-electron chi connectivity index (χ0n) is 13.2. The standard InChI is InChI=1S/C15H22ClN3O3/c1-14(2,3)22-13(20)19-6-4-15(21,5-7-19)8-12-17-9-11(16)10-18-12/h9-10,21H,4-8H2,1-3H3. The number of carbonyl (C=O) groups is 1. The van der Waals surface area contributed by atoms with Crippen molar-refractivity contribution >= 4 is 17.7 Å². The SMILES string of the molecule is CC(C)(C)OC(=O)N1CCC(O)(Cc2ncc(Cl)cn2)CC1. The van der Waals surface area contributed by atoms with E-state index in [9.17, 15) is 9.90 Å². The predicted molar refractivity (Wildman–Crippen MR) is 82.7 cm³/mol. The molecule has 122 valence electrons. The van der Waals surface area contributed by atoms with E-state index >= 15 is 0 Å². The van der Waals surface area contributed by atoms with E-state index in [1.165, 1.54) is 12.4 Å². The molecule has 0 unspecified atom stereocenters. The normalized spacial score (nSPS) is 18.1. The number of likely N-dealkylation sites (tertiary alicyclic amines) is 1. The van der Waals surface area contributed by atoms with Gasteiger partial charge in [-0.25, -0.2) is 14.8 Å². The Kier molecular flexibility index (Phi) is 4.92. The van der Waals surface area contributed by atoms with Crippen LogP contribution in [-0.2, 0) is 11.2 Å². The Balaban J connectivity index is 1.90. The zero-order chi connectivity index (χ0) is 16.4. The van der Waals surface area contributed by atoms with Gasteiger partial charge in [-0.1, -0.05) is 11.6 Å². The molecular weight excluding hydrogens is 306 g/mol. The van der Waals surface area contributed by atoms with Gasteiger partial charge in [0, 0.05) is 31.9 Å². The summed E-state index contributed by atoms with van der Waals surface area (Å²) in [6.45, 7) is 6.42. The molecule has 6 nitrogen and oxygen atoms in total. The highest BCUT2D eigenvalue weighted by Crippen LogP contribution is 2.26. The molecule has 0 spiro atoms. The zero-order valence-corrected chi connectivity index (χ0v) is 13.9. The first-order chi connectivity index (χ1) is 10.2. The number of carbonyl (C=O) groups excluding carboxylic acids is 1. The van der Waals surface area contributed by atoms with E-state index in [1.54, 1.807) is 4.90 Å². The third-order valence-electron chi connectivity index (χ3n) is 3.51. The van der Waals surface area contributed by atoms with Gasteiger partial charge >= 0.3 is 6.09 Å². The molecule has 1 fully saturated rings. The number of ether oxygens (including phenoxy) is 1. The highest BCUT2D eigenvalue weighted by atomic mass is 35.5. The molecule has 1 amide bonds. The molecule has 0 bridgehead atoms. The molecule has 0 saturated carbocycles. The van der Waals surface area contributed by atoms with Crippen LogP contribution in [0.2, 0.25) is 5.02 Å². The highest BCUT2D eigenvalue weighted by Gasteiger charge is 2.36. The van der Waals surface area contributed by atoms with E-state index in [-0.39, 0.29) is 6.09 Å². The Morgan fingerprint density at radius 3 is 2.41 bits per heavy atom. The van der Waals surface area contributed by atoms with Gasteiger partial charge in [0.15, 0.2) is 0 Å². The van der Waals surface area contributed by atoms with Crippen LogP contribution in [0.25, 0.3) is 0 Å². The van der Waals surface area contributed by atoms with Crippen LogP contribution in [0.4, 0.5) is 4.79 Å². The lowest BCUT2D eigenvalue weighted by Crippen LogP contribution is -2.49. The van der Waals surface area contributed by atoms with Crippen LogP contribution in [0, 0.1) is 0 Å². The van der Waals surface area contributed by atoms with Gasteiger partial charge in [0.25, 0.3) is 0 Å². The number of hydrogen-bond acceptors (Lipinski definition) is 5. The number of halogens is 1. The van der Waals surface area contributed by atoms with Crippen LogP contribution in [0.3, 0.4) is 0 Å². The summed E-state index contributed by atoms with van der Waals surface area (Å²) >= 11 is 5.75. The minimum absolute atomic E-state index is 0.336. The summed E-state index contributed by atoms with van der Waals surface area (Å²) in [6, 6.07) is 0. The number of aliphatic hydroxyl groups is 1. The predicted octanol–water partition coefficient (Wildman–Crippen LogP) is 2.43. The first kappa shape index (κ1) is 17.0. The Bertz CT molecular complexity index is 520. The van der Waals surface area contributed by atoms with Crippen molar-refractivity contribution in [3.05, 3.63) is 23.2 Å². The van der Waals surface area contributed by atoms with Crippen LogP contribution in [-0.4, -0.2) is 50.4 Å². The summed E-state index contributed by atoms with van der Waals surface area (Å²) in [7, 11) is 0. The second-order valence-electron chi connectivity index (χ2n) is 6.69. The fourth-order valence-electron chi connectivity index (χ4n) is 2.33. The van der Waals surface area contributed by atoms with Crippen molar-refractivity contribution in [2.75, 3.05) is 13.1 Å². The summed E-state index contributed by atoms with van der Waals surface area (Å²) in [5, 5.41) is 11.1. The third-order valence-corrected chi connectivity index (χ3v) is 3.70. The monoisotopic (exact) mass is 327 g/mol. The molecule has 0 aromatic carbocycles. The lowest BCUT2D eigenvalue weighted by atomic mass is 9.88. The molecule has 0 radical (unpaired) electrons. The summed E-state index contributed by atoms with van der Waals surface area (Å²) in [6.07, 6.45) is 3.99. The van der Waals surface area contributed by atoms with Crippen molar-refractivity contribution in [1.29, 1.82) is 0 Å². The Labute approximate surface area is 135 Å². The quantitative estimate of drug-likeness (QED) is 0.903. The topological polar surface area (TPSA) is 75.5 Å². The minimum Gasteiger partial charge on any atom is -0.444 e. The maximum Gasteiger partial charge on any atom is 0.410 e. The number of aromatic nitrogens is 2. The minimum atomic E-state index is -0.896. The van der Waals surface area contributed by atoms with Crippen molar-refractivity contribution < 1.29 is 14.6 Å². The fourth-order valence-corrected chi connectivity index (χ4v) is 2.43. The maximum atomic E-state index is 12.0. The first-order valence-corrected chi connectivity index (χ1v) is 7.71. The smallest absolute Gasteiger partial charge is 0.410 e. The molecule has 7 heteroatoms. The number of amides is 1. The Hall–Kier alpha value is -1.40. The molecule has 2 heterocycles. The van der Waals surface area contributed by atoms with Gasteiger partial charge in [0.1, 0.15) is 11.4 Å². The number of nitrogens with zero attached hydrogens (tertiary/aromatic N) is 3. The third kappa shape index (κ3) is 4.81. The van der Waals surface area contributed by atoms with Crippen molar-refractivity contribution in [2.24, 2.45) is 0 Å². The van der Waals surface area contributed by atoms with Crippen LogP contribution in [0.1, 0.15) is 39.4 Å². The lowest BCUT2D eigenvalue weighted by molar-refractivity contribution is -0.0324. The van der Waals surface area contributed by atoms with Crippen molar-refractivity contribution in [3.8, 4) is 0 Å². The van der Waals surface area contributed by atoms with E-state index < -0.39 is 11.2 Å². The Morgan fingerprint density at radius 2 is 1.91 bits per heavy atom. The molecule has 22 heavy (non-hydrogen) atoms. The van der Waals surface area contributed by atoms with Gasteiger partial charge in [0.05, 0.1) is 10.6 Å². The highest BCUT2D eigenvalue weighted by molar-refractivity contribution is 6.30. The van der Waals surface area contributed by atoms with Gasteiger partial charge < -0.3 is 14.7 Å². The van der Waals surface area contributed by atoms with Gasteiger partial charge in [-0.15, -0.1) is 0 Å². The Morgan fingerprint density at radius 1 is 1.36 bits per heavy atom. The molecule has 1 aromatic rings. The van der Waals surface area contributed by atoms with Crippen molar-refractivity contribution in [1.82, 2.24) is 14.9 Å². The van der Waals surface area contributed by atoms with Crippen LogP contribution in [0.5, 0.6) is 0 Å². The fraction of sp³-hybridized carbons (Fsp3) is 0.667. The molecule has 1 saturated heterocycles.